The van der Waals surface area contributed by atoms with Crippen molar-refractivity contribution in [1.29, 1.82) is 0 Å². The van der Waals surface area contributed by atoms with Crippen molar-refractivity contribution >= 4 is 33.2 Å². The normalized spacial score (nSPS) is 10.7. The number of nitrogens with one attached hydrogen (secondary N) is 1. The minimum atomic E-state index is 0.153. The zero-order chi connectivity index (χ0) is 14.5. The van der Waals surface area contributed by atoms with Crippen LogP contribution in [0, 0.1) is 0 Å². The molecule has 106 valence electrons. The molecule has 0 amide bonds. The lowest BCUT2D eigenvalue weighted by atomic mass is 10.2. The van der Waals surface area contributed by atoms with Crippen molar-refractivity contribution in [3.63, 3.8) is 0 Å². The van der Waals surface area contributed by atoms with Crippen molar-refractivity contribution in [3.05, 3.63) is 57.5 Å². The van der Waals surface area contributed by atoms with Crippen LogP contribution in [0.1, 0.15) is 19.4 Å². The summed E-state index contributed by atoms with van der Waals surface area (Å²) < 4.78 is 6.69. The van der Waals surface area contributed by atoms with Crippen LogP contribution in [0.15, 0.2) is 46.9 Å². The maximum Gasteiger partial charge on any atom is 0.142 e. The number of anilines is 1. The van der Waals surface area contributed by atoms with Crippen molar-refractivity contribution in [1.82, 2.24) is 0 Å². The van der Waals surface area contributed by atoms with Crippen molar-refractivity contribution in [2.75, 3.05) is 5.32 Å². The third-order valence-corrected chi connectivity index (χ3v) is 3.95. The van der Waals surface area contributed by atoms with Gasteiger partial charge in [0.25, 0.3) is 0 Å². The van der Waals surface area contributed by atoms with Gasteiger partial charge in [-0.05, 0) is 59.6 Å². The largest absolute Gasteiger partial charge is 0.489 e. The summed E-state index contributed by atoms with van der Waals surface area (Å²) in [6, 6.07) is 13.9. The number of rotatable bonds is 5. The Labute approximate surface area is 133 Å². The quantitative estimate of drug-likeness (QED) is 0.765. The van der Waals surface area contributed by atoms with Gasteiger partial charge in [0.05, 0.1) is 16.8 Å². The monoisotopic (exact) mass is 353 g/mol. The molecule has 2 aromatic rings. The number of halogens is 2. The maximum atomic E-state index is 6.10. The molecule has 1 N–H and O–H groups in total. The average molecular weight is 355 g/mol. The highest BCUT2D eigenvalue weighted by Gasteiger charge is 2.05. The molecular weight excluding hydrogens is 338 g/mol. The molecule has 0 aliphatic heterocycles. The topological polar surface area (TPSA) is 21.3 Å². The first-order chi connectivity index (χ1) is 9.56. The lowest BCUT2D eigenvalue weighted by Gasteiger charge is -2.15. The average Bonchev–Trinajstić information content (AvgIpc) is 2.41. The van der Waals surface area contributed by atoms with E-state index in [4.69, 9.17) is 16.3 Å². The number of benzene rings is 2. The second kappa shape index (κ2) is 7.00. The number of hydrogen-bond donors (Lipinski definition) is 1. The van der Waals surface area contributed by atoms with E-state index in [9.17, 15) is 0 Å². The van der Waals surface area contributed by atoms with E-state index in [-0.39, 0.29) is 6.10 Å². The number of para-hydroxylation sites is 2. The molecule has 4 heteroatoms. The Bertz CT molecular complexity index is 586. The summed E-state index contributed by atoms with van der Waals surface area (Å²) in [5, 5.41) is 4.10. The molecule has 0 aliphatic rings. The fourth-order valence-corrected chi connectivity index (χ4v) is 2.27. The fourth-order valence-electron chi connectivity index (χ4n) is 1.82. The lowest BCUT2D eigenvalue weighted by Crippen LogP contribution is -2.08. The second-order valence-corrected chi connectivity index (χ2v) is 6.03. The van der Waals surface area contributed by atoms with Crippen LogP contribution in [0.3, 0.4) is 0 Å². The minimum Gasteiger partial charge on any atom is -0.489 e. The molecule has 0 radical (unpaired) electrons. The smallest absolute Gasteiger partial charge is 0.142 e. The summed E-state index contributed by atoms with van der Waals surface area (Å²) in [6.45, 7) is 4.74. The Balaban J connectivity index is 2.08. The Kier molecular flexibility index (Phi) is 5.32. The third-order valence-electron chi connectivity index (χ3n) is 2.72. The van der Waals surface area contributed by atoms with Gasteiger partial charge < -0.3 is 10.1 Å². The van der Waals surface area contributed by atoms with Crippen LogP contribution in [0.4, 0.5) is 5.69 Å². The predicted octanol–water partition coefficient (Wildman–Crippen LogP) is 5.50. The Morgan fingerprint density at radius 1 is 1.20 bits per heavy atom. The first-order valence-corrected chi connectivity index (χ1v) is 7.67. The maximum absolute atomic E-state index is 6.10. The fraction of sp³-hybridized carbons (Fsp3) is 0.250. The molecule has 0 unspecified atom stereocenters. The zero-order valence-corrected chi connectivity index (χ0v) is 13.8. The lowest BCUT2D eigenvalue weighted by molar-refractivity contribution is 0.243. The van der Waals surface area contributed by atoms with Crippen LogP contribution in [0.25, 0.3) is 0 Å². The molecule has 2 rings (SSSR count). The molecule has 0 aliphatic carbocycles. The van der Waals surface area contributed by atoms with E-state index in [0.717, 1.165) is 26.5 Å². The predicted molar refractivity (Wildman–Crippen MR) is 88.7 cm³/mol. The molecule has 2 nitrogen and oxygen atoms in total. The van der Waals surface area contributed by atoms with E-state index >= 15 is 0 Å². The molecule has 0 saturated carbocycles. The van der Waals surface area contributed by atoms with Crippen molar-refractivity contribution in [2.24, 2.45) is 0 Å². The van der Waals surface area contributed by atoms with E-state index in [1.807, 2.05) is 56.3 Å². The molecule has 20 heavy (non-hydrogen) atoms. The molecular formula is C16H17BrClNO. The van der Waals surface area contributed by atoms with Gasteiger partial charge in [0.2, 0.25) is 0 Å². The molecule has 0 bridgehead atoms. The van der Waals surface area contributed by atoms with Gasteiger partial charge in [0.15, 0.2) is 0 Å². The standard InChI is InChI=1S/C16H17BrClNO/c1-11(2)20-16-6-4-3-5-15(16)19-10-12-7-8-13(17)14(18)9-12/h3-9,11,19H,10H2,1-2H3. The number of ether oxygens (including phenoxy) is 1. The van der Waals surface area contributed by atoms with Gasteiger partial charge in [-0.3, -0.25) is 0 Å². The van der Waals surface area contributed by atoms with Crippen LogP contribution >= 0.6 is 27.5 Å². The molecule has 2 aromatic carbocycles. The summed E-state index contributed by atoms with van der Waals surface area (Å²) in [4.78, 5) is 0. The summed E-state index contributed by atoms with van der Waals surface area (Å²) >= 11 is 9.49. The Hall–Kier alpha value is -1.19. The molecule has 0 saturated heterocycles. The van der Waals surface area contributed by atoms with E-state index in [1.165, 1.54) is 0 Å². The SMILES string of the molecule is CC(C)Oc1ccccc1NCc1ccc(Br)c(Cl)c1. The van der Waals surface area contributed by atoms with Crippen LogP contribution in [0.5, 0.6) is 5.75 Å². The zero-order valence-electron chi connectivity index (χ0n) is 11.5. The van der Waals surface area contributed by atoms with Gasteiger partial charge in [0.1, 0.15) is 5.75 Å². The van der Waals surface area contributed by atoms with Gasteiger partial charge in [0, 0.05) is 11.0 Å². The molecule has 0 fully saturated rings. The van der Waals surface area contributed by atoms with Gasteiger partial charge in [-0.1, -0.05) is 29.8 Å². The molecule has 0 spiro atoms. The summed E-state index contributed by atoms with van der Waals surface area (Å²) in [5.74, 6) is 0.866. The highest BCUT2D eigenvalue weighted by molar-refractivity contribution is 9.10. The Morgan fingerprint density at radius 2 is 1.95 bits per heavy atom. The van der Waals surface area contributed by atoms with E-state index in [0.29, 0.717) is 6.54 Å². The molecule has 0 atom stereocenters. The summed E-state index contributed by atoms with van der Waals surface area (Å²) in [7, 11) is 0. The van der Waals surface area contributed by atoms with E-state index in [2.05, 4.69) is 21.2 Å². The summed E-state index contributed by atoms with van der Waals surface area (Å²) in [6.07, 6.45) is 0.153. The second-order valence-electron chi connectivity index (χ2n) is 4.76. The van der Waals surface area contributed by atoms with Crippen molar-refractivity contribution in [3.8, 4) is 5.75 Å². The van der Waals surface area contributed by atoms with E-state index < -0.39 is 0 Å². The molecule has 0 aromatic heterocycles. The number of hydrogen-bond acceptors (Lipinski definition) is 2. The van der Waals surface area contributed by atoms with Gasteiger partial charge >= 0.3 is 0 Å². The van der Waals surface area contributed by atoms with Crippen LogP contribution in [0.2, 0.25) is 5.02 Å². The first kappa shape index (κ1) is 15.2. The minimum absolute atomic E-state index is 0.153. The summed E-state index contributed by atoms with van der Waals surface area (Å²) in [5.41, 5.74) is 2.11. The van der Waals surface area contributed by atoms with Crippen LogP contribution < -0.4 is 10.1 Å². The van der Waals surface area contributed by atoms with Gasteiger partial charge in [-0.15, -0.1) is 0 Å². The van der Waals surface area contributed by atoms with E-state index in [1.54, 1.807) is 0 Å². The highest BCUT2D eigenvalue weighted by Crippen LogP contribution is 2.27. The van der Waals surface area contributed by atoms with Crippen LogP contribution in [-0.2, 0) is 6.54 Å². The van der Waals surface area contributed by atoms with Crippen LogP contribution in [-0.4, -0.2) is 6.10 Å². The third kappa shape index (κ3) is 4.15. The first-order valence-electron chi connectivity index (χ1n) is 6.49. The molecule has 0 heterocycles. The highest BCUT2D eigenvalue weighted by atomic mass is 79.9. The van der Waals surface area contributed by atoms with Gasteiger partial charge in [-0.25, -0.2) is 0 Å². The van der Waals surface area contributed by atoms with Gasteiger partial charge in [-0.2, -0.15) is 0 Å². The van der Waals surface area contributed by atoms with Crippen molar-refractivity contribution < 1.29 is 4.74 Å². The Morgan fingerprint density at radius 3 is 2.65 bits per heavy atom. The van der Waals surface area contributed by atoms with Crippen molar-refractivity contribution in [2.45, 2.75) is 26.5 Å².